The highest BCUT2D eigenvalue weighted by atomic mass is 32.2. The van der Waals surface area contributed by atoms with Crippen molar-refractivity contribution in [3.8, 4) is 22.4 Å². The maximum atomic E-state index is 5.06. The predicted molar refractivity (Wildman–Crippen MR) is 151 cm³/mol. The van der Waals surface area contributed by atoms with Gasteiger partial charge in [0.1, 0.15) is 0 Å². The van der Waals surface area contributed by atoms with E-state index in [2.05, 4.69) is 116 Å². The van der Waals surface area contributed by atoms with E-state index in [1.807, 2.05) is 24.0 Å². The Hall–Kier alpha value is -3.95. The molecule has 0 amide bonds. The molecule has 0 saturated heterocycles. The second-order valence-corrected chi connectivity index (χ2v) is 11.0. The smallest absolute Gasteiger partial charge is 0.0972 e. The molecule has 0 bridgehead atoms. The van der Waals surface area contributed by atoms with Gasteiger partial charge in [-0.25, -0.2) is 4.98 Å². The Morgan fingerprint density at radius 2 is 1.33 bits per heavy atom. The van der Waals surface area contributed by atoms with Crippen LogP contribution in [-0.4, -0.2) is 9.97 Å². The lowest BCUT2D eigenvalue weighted by atomic mass is 9.77. The van der Waals surface area contributed by atoms with Crippen molar-refractivity contribution in [3.05, 3.63) is 120 Å². The highest BCUT2D eigenvalue weighted by Gasteiger charge is 2.33. The molecule has 0 fully saturated rings. The average molecular weight is 481 g/mol. The quantitative estimate of drug-likeness (QED) is 0.231. The molecular weight excluding hydrogens is 456 g/mol. The first-order valence-corrected chi connectivity index (χ1v) is 13.1. The van der Waals surface area contributed by atoms with Gasteiger partial charge in [-0.1, -0.05) is 92.3 Å². The molecule has 1 aliphatic rings. The van der Waals surface area contributed by atoms with Crippen LogP contribution in [0.15, 0.2) is 119 Å². The summed E-state index contributed by atoms with van der Waals surface area (Å²) in [7, 11) is 0. The first-order valence-electron chi connectivity index (χ1n) is 12.3. The van der Waals surface area contributed by atoms with Gasteiger partial charge in [-0.15, -0.1) is 0 Å². The number of fused-ring (bicyclic) bond motifs is 5. The summed E-state index contributed by atoms with van der Waals surface area (Å²) in [5.41, 5.74) is 9.14. The van der Waals surface area contributed by atoms with Gasteiger partial charge in [0.25, 0.3) is 0 Å². The molecule has 2 aromatic heterocycles. The summed E-state index contributed by atoms with van der Waals surface area (Å²) in [5, 5.41) is 2.22. The van der Waals surface area contributed by atoms with E-state index < -0.39 is 0 Å². The largest absolute Gasteiger partial charge is 0.254 e. The van der Waals surface area contributed by atoms with Crippen molar-refractivity contribution in [3.63, 3.8) is 0 Å². The Bertz CT molecular complexity index is 1800. The van der Waals surface area contributed by atoms with Gasteiger partial charge in [0, 0.05) is 37.7 Å². The monoisotopic (exact) mass is 480 g/mol. The Kier molecular flexibility index (Phi) is 4.77. The molecular formula is C33H24N2S. The summed E-state index contributed by atoms with van der Waals surface area (Å²) in [6.45, 7) is 4.67. The van der Waals surface area contributed by atoms with Crippen LogP contribution in [0.3, 0.4) is 0 Å². The van der Waals surface area contributed by atoms with Gasteiger partial charge in [-0.2, -0.15) is 0 Å². The fourth-order valence-electron chi connectivity index (χ4n) is 5.37. The third-order valence-corrected chi connectivity index (χ3v) is 8.51. The van der Waals surface area contributed by atoms with Crippen molar-refractivity contribution < 1.29 is 0 Å². The van der Waals surface area contributed by atoms with Crippen LogP contribution >= 0.6 is 11.8 Å². The topological polar surface area (TPSA) is 25.8 Å². The summed E-state index contributed by atoms with van der Waals surface area (Å²) in [4.78, 5) is 12.4. The minimum atomic E-state index is -0.0429. The number of nitrogens with zero attached hydrogens (tertiary/aromatic N) is 2. The lowest BCUT2D eigenvalue weighted by Crippen LogP contribution is -2.23. The van der Waals surface area contributed by atoms with Crippen LogP contribution in [0.1, 0.15) is 25.0 Å². The molecule has 3 heteroatoms. The zero-order valence-corrected chi connectivity index (χ0v) is 21.0. The molecule has 0 N–H and O–H groups in total. The fourth-order valence-corrected chi connectivity index (χ4v) is 6.74. The number of hydrogen-bond acceptors (Lipinski definition) is 3. The van der Waals surface area contributed by atoms with Gasteiger partial charge in [0.05, 0.1) is 16.7 Å². The Labute approximate surface area is 215 Å². The molecule has 4 aromatic carbocycles. The van der Waals surface area contributed by atoms with E-state index in [1.54, 1.807) is 0 Å². The average Bonchev–Trinajstić information content (AvgIpc) is 2.93. The van der Waals surface area contributed by atoms with Crippen LogP contribution in [0.25, 0.3) is 44.2 Å². The van der Waals surface area contributed by atoms with Gasteiger partial charge in [-0.3, -0.25) is 4.98 Å². The van der Waals surface area contributed by atoms with Crippen LogP contribution < -0.4 is 0 Å². The SMILES string of the molecule is CC1(C)c2ccccc2Sc2ccc(-c3cccc(-c4ccc5ccc6cccnc6c5n4)c3)cc21. The summed E-state index contributed by atoms with van der Waals surface area (Å²) >= 11 is 1.87. The molecule has 36 heavy (non-hydrogen) atoms. The van der Waals surface area contributed by atoms with Crippen molar-refractivity contribution in [1.29, 1.82) is 0 Å². The third-order valence-electron chi connectivity index (χ3n) is 7.36. The van der Waals surface area contributed by atoms with Gasteiger partial charge < -0.3 is 0 Å². The molecule has 6 aromatic rings. The third kappa shape index (κ3) is 3.35. The number of aromatic nitrogens is 2. The van der Waals surface area contributed by atoms with E-state index in [0.29, 0.717) is 0 Å². The van der Waals surface area contributed by atoms with E-state index in [0.717, 1.165) is 33.1 Å². The molecule has 0 unspecified atom stereocenters. The van der Waals surface area contributed by atoms with Crippen molar-refractivity contribution in [2.24, 2.45) is 0 Å². The zero-order valence-electron chi connectivity index (χ0n) is 20.2. The first kappa shape index (κ1) is 21.3. The van der Waals surface area contributed by atoms with Crippen molar-refractivity contribution in [2.75, 3.05) is 0 Å². The van der Waals surface area contributed by atoms with Crippen LogP contribution in [-0.2, 0) is 5.41 Å². The molecule has 0 radical (unpaired) electrons. The van der Waals surface area contributed by atoms with E-state index in [4.69, 9.17) is 4.98 Å². The summed E-state index contributed by atoms with van der Waals surface area (Å²) in [6, 6.07) is 37.0. The van der Waals surface area contributed by atoms with Crippen LogP contribution in [0.2, 0.25) is 0 Å². The molecule has 172 valence electrons. The molecule has 0 aliphatic carbocycles. The van der Waals surface area contributed by atoms with Gasteiger partial charge in [0.15, 0.2) is 0 Å². The highest BCUT2D eigenvalue weighted by molar-refractivity contribution is 7.99. The van der Waals surface area contributed by atoms with Crippen molar-refractivity contribution in [2.45, 2.75) is 29.1 Å². The number of pyridine rings is 2. The molecule has 1 aliphatic heterocycles. The van der Waals surface area contributed by atoms with E-state index in [-0.39, 0.29) is 5.41 Å². The van der Waals surface area contributed by atoms with Crippen molar-refractivity contribution >= 4 is 33.6 Å². The molecule has 3 heterocycles. The Morgan fingerprint density at radius 1 is 0.583 bits per heavy atom. The summed E-state index contributed by atoms with van der Waals surface area (Å²) in [5.74, 6) is 0. The second-order valence-electron chi connectivity index (χ2n) is 9.92. The highest BCUT2D eigenvalue weighted by Crippen LogP contribution is 2.49. The molecule has 2 nitrogen and oxygen atoms in total. The van der Waals surface area contributed by atoms with Gasteiger partial charge in [-0.05, 0) is 58.7 Å². The lowest BCUT2D eigenvalue weighted by Gasteiger charge is -2.34. The van der Waals surface area contributed by atoms with E-state index in [9.17, 15) is 0 Å². The Balaban J connectivity index is 1.32. The number of hydrogen-bond donors (Lipinski definition) is 0. The summed E-state index contributed by atoms with van der Waals surface area (Å²) in [6.07, 6.45) is 1.84. The maximum absolute atomic E-state index is 5.06. The molecule has 0 spiro atoms. The van der Waals surface area contributed by atoms with Crippen molar-refractivity contribution in [1.82, 2.24) is 9.97 Å². The first-order chi connectivity index (χ1) is 17.6. The number of rotatable bonds is 2. The van der Waals surface area contributed by atoms with Gasteiger partial charge >= 0.3 is 0 Å². The molecule has 0 saturated carbocycles. The molecule has 0 atom stereocenters. The van der Waals surface area contributed by atoms with Crippen LogP contribution in [0.5, 0.6) is 0 Å². The minimum Gasteiger partial charge on any atom is -0.254 e. The second kappa shape index (κ2) is 8.04. The van der Waals surface area contributed by atoms with Gasteiger partial charge in [0.2, 0.25) is 0 Å². The number of benzene rings is 4. The lowest BCUT2D eigenvalue weighted by molar-refractivity contribution is 0.607. The summed E-state index contributed by atoms with van der Waals surface area (Å²) < 4.78 is 0. The fraction of sp³-hybridized carbons (Fsp3) is 0.0909. The predicted octanol–water partition coefficient (Wildman–Crippen LogP) is 8.91. The maximum Gasteiger partial charge on any atom is 0.0972 e. The van der Waals surface area contributed by atoms with Crippen LogP contribution in [0.4, 0.5) is 0 Å². The van der Waals surface area contributed by atoms with E-state index >= 15 is 0 Å². The van der Waals surface area contributed by atoms with E-state index in [1.165, 1.54) is 32.0 Å². The minimum absolute atomic E-state index is 0.0429. The zero-order chi connectivity index (χ0) is 24.3. The Morgan fingerprint density at radius 3 is 2.25 bits per heavy atom. The standard InChI is InChI=1S/C33H24N2S/c1-33(2)26-10-3-4-11-29(26)36-30-17-15-24(20-27(30)33)23-7-5-8-25(19-23)28-16-14-22-13-12-21-9-6-18-34-31(21)32(22)35-28/h3-20H,1-2H3. The molecule has 7 rings (SSSR count). The van der Waals surface area contributed by atoms with Crippen LogP contribution in [0, 0.1) is 0 Å². The normalized spacial score (nSPS) is 13.9.